The van der Waals surface area contributed by atoms with Crippen LogP contribution in [0.15, 0.2) is 4.99 Å². The van der Waals surface area contributed by atoms with Crippen LogP contribution in [0, 0.1) is 19.8 Å². The van der Waals surface area contributed by atoms with E-state index in [4.69, 9.17) is 9.73 Å². The van der Waals surface area contributed by atoms with Gasteiger partial charge in [0.05, 0.1) is 30.5 Å². The first kappa shape index (κ1) is 23.6. The third-order valence-electron chi connectivity index (χ3n) is 4.49. The number of morpholine rings is 1. The Kier molecular flexibility index (Phi) is 11.0. The highest BCUT2D eigenvalue weighted by Crippen LogP contribution is 2.18. The van der Waals surface area contributed by atoms with Crippen LogP contribution in [-0.2, 0) is 11.3 Å². The van der Waals surface area contributed by atoms with Gasteiger partial charge in [0, 0.05) is 37.1 Å². The van der Waals surface area contributed by atoms with Crippen LogP contribution in [0.25, 0.3) is 0 Å². The second-order valence-corrected chi connectivity index (χ2v) is 8.06. The van der Waals surface area contributed by atoms with E-state index in [1.807, 2.05) is 6.92 Å². The molecule has 0 bridgehead atoms. The van der Waals surface area contributed by atoms with E-state index < -0.39 is 0 Å². The number of aliphatic imine (C=N–C) groups is 1. The second kappa shape index (κ2) is 12.1. The van der Waals surface area contributed by atoms with Crippen molar-refractivity contribution >= 4 is 41.3 Å². The Bertz CT molecular complexity index is 558. The molecular formula is C18H34IN5OS. The van der Waals surface area contributed by atoms with Crippen molar-refractivity contribution in [1.82, 2.24) is 20.5 Å². The molecule has 1 saturated heterocycles. The van der Waals surface area contributed by atoms with Crippen molar-refractivity contribution in [1.29, 1.82) is 0 Å². The van der Waals surface area contributed by atoms with E-state index in [9.17, 15) is 0 Å². The third kappa shape index (κ3) is 7.28. The van der Waals surface area contributed by atoms with Crippen molar-refractivity contribution in [3.63, 3.8) is 0 Å². The van der Waals surface area contributed by atoms with Gasteiger partial charge in [-0.1, -0.05) is 13.8 Å². The van der Waals surface area contributed by atoms with Gasteiger partial charge in [-0.15, -0.1) is 35.3 Å². The molecule has 1 atom stereocenters. The fourth-order valence-corrected chi connectivity index (χ4v) is 3.97. The number of hydrogen-bond donors (Lipinski definition) is 2. The van der Waals surface area contributed by atoms with Gasteiger partial charge in [-0.25, -0.2) is 9.98 Å². The Balaban J connectivity index is 0.00000338. The van der Waals surface area contributed by atoms with Crippen LogP contribution in [0.1, 0.15) is 36.3 Å². The van der Waals surface area contributed by atoms with Crippen molar-refractivity contribution in [2.75, 3.05) is 39.4 Å². The molecule has 2 heterocycles. The lowest BCUT2D eigenvalue weighted by molar-refractivity contribution is 0.00752. The molecule has 1 aliphatic rings. The predicted molar refractivity (Wildman–Crippen MR) is 121 cm³/mol. The monoisotopic (exact) mass is 495 g/mol. The van der Waals surface area contributed by atoms with E-state index in [0.717, 1.165) is 56.1 Å². The van der Waals surface area contributed by atoms with Gasteiger partial charge in [-0.3, -0.25) is 4.90 Å². The van der Waals surface area contributed by atoms with Gasteiger partial charge in [0.25, 0.3) is 0 Å². The average Bonchev–Trinajstić information content (AvgIpc) is 2.91. The standard InChI is InChI=1S/C18H33N5OS.HI/c1-6-19-18(21-12-17-14(4)22-15(5)25-17)20-11-16(13(2)3)23-7-9-24-10-8-23;/h13,16H,6-12H2,1-5H3,(H2,19,20,21);1H. The van der Waals surface area contributed by atoms with Crippen LogP contribution in [-0.4, -0.2) is 61.3 Å². The molecule has 0 aliphatic carbocycles. The summed E-state index contributed by atoms with van der Waals surface area (Å²) in [6, 6.07) is 0.486. The topological polar surface area (TPSA) is 61.8 Å². The highest BCUT2D eigenvalue weighted by Gasteiger charge is 2.23. The Morgan fingerprint density at radius 2 is 1.96 bits per heavy atom. The van der Waals surface area contributed by atoms with Crippen LogP contribution in [0.2, 0.25) is 0 Å². The summed E-state index contributed by atoms with van der Waals surface area (Å²) in [6.45, 7) is 16.9. The molecule has 1 unspecified atom stereocenters. The molecular weight excluding hydrogens is 461 g/mol. The third-order valence-corrected chi connectivity index (χ3v) is 5.55. The quantitative estimate of drug-likeness (QED) is 0.346. The Morgan fingerprint density at radius 3 is 2.50 bits per heavy atom. The summed E-state index contributed by atoms with van der Waals surface area (Å²) in [7, 11) is 0. The maximum absolute atomic E-state index is 5.49. The first-order chi connectivity index (χ1) is 12.0. The van der Waals surface area contributed by atoms with Gasteiger partial charge in [0.2, 0.25) is 0 Å². The van der Waals surface area contributed by atoms with Crippen LogP contribution in [0.3, 0.4) is 0 Å². The van der Waals surface area contributed by atoms with Crippen LogP contribution in [0.5, 0.6) is 0 Å². The molecule has 1 fully saturated rings. The molecule has 0 aromatic carbocycles. The number of aromatic nitrogens is 1. The van der Waals surface area contributed by atoms with Crippen molar-refractivity contribution in [2.45, 2.75) is 47.2 Å². The van der Waals surface area contributed by atoms with E-state index in [2.05, 4.69) is 48.2 Å². The summed E-state index contributed by atoms with van der Waals surface area (Å²) in [4.78, 5) is 13.0. The lowest BCUT2D eigenvalue weighted by Gasteiger charge is -2.37. The maximum atomic E-state index is 5.49. The van der Waals surface area contributed by atoms with E-state index >= 15 is 0 Å². The number of thiazole rings is 1. The number of rotatable bonds is 7. The predicted octanol–water partition coefficient (Wildman–Crippen LogP) is 2.79. The molecule has 1 aromatic rings. The molecule has 8 heteroatoms. The summed E-state index contributed by atoms with van der Waals surface area (Å²) >= 11 is 1.73. The first-order valence-corrected chi connectivity index (χ1v) is 10.1. The molecule has 0 amide bonds. The number of ether oxygens (including phenoxy) is 1. The summed E-state index contributed by atoms with van der Waals surface area (Å²) in [5.74, 6) is 1.46. The maximum Gasteiger partial charge on any atom is 0.191 e. The van der Waals surface area contributed by atoms with Crippen molar-refractivity contribution < 1.29 is 4.74 Å². The zero-order chi connectivity index (χ0) is 18.2. The summed E-state index contributed by atoms with van der Waals surface area (Å²) in [6.07, 6.45) is 0. The molecule has 0 radical (unpaired) electrons. The highest BCUT2D eigenvalue weighted by molar-refractivity contribution is 14.0. The Hall–Kier alpha value is -0.450. The van der Waals surface area contributed by atoms with E-state index in [1.165, 1.54) is 4.88 Å². The minimum absolute atomic E-state index is 0. The first-order valence-electron chi connectivity index (χ1n) is 9.28. The summed E-state index contributed by atoms with van der Waals surface area (Å²) in [5, 5.41) is 8.00. The molecule has 1 aliphatic heterocycles. The number of nitrogens with zero attached hydrogens (tertiary/aromatic N) is 3. The van der Waals surface area contributed by atoms with Crippen molar-refractivity contribution in [2.24, 2.45) is 10.9 Å². The van der Waals surface area contributed by atoms with Gasteiger partial charge in [-0.05, 0) is 26.7 Å². The molecule has 150 valence electrons. The fourth-order valence-electron chi connectivity index (χ4n) is 3.11. The average molecular weight is 495 g/mol. The van der Waals surface area contributed by atoms with Crippen molar-refractivity contribution in [3.8, 4) is 0 Å². The second-order valence-electron chi connectivity index (χ2n) is 6.78. The Morgan fingerprint density at radius 1 is 1.27 bits per heavy atom. The highest BCUT2D eigenvalue weighted by atomic mass is 127. The van der Waals surface area contributed by atoms with Crippen LogP contribution in [0.4, 0.5) is 0 Å². The van der Waals surface area contributed by atoms with E-state index in [0.29, 0.717) is 18.5 Å². The molecule has 1 aromatic heterocycles. The molecule has 0 spiro atoms. The molecule has 2 N–H and O–H groups in total. The number of guanidine groups is 1. The number of hydrogen-bond acceptors (Lipinski definition) is 5. The van der Waals surface area contributed by atoms with Gasteiger partial charge in [-0.2, -0.15) is 0 Å². The SMILES string of the molecule is CCNC(=NCc1sc(C)nc1C)NCC(C(C)C)N1CCOCC1.I. The zero-order valence-electron chi connectivity index (χ0n) is 16.7. The van der Waals surface area contributed by atoms with Crippen molar-refractivity contribution in [3.05, 3.63) is 15.6 Å². The van der Waals surface area contributed by atoms with Gasteiger partial charge in [0.1, 0.15) is 0 Å². The normalized spacial score (nSPS) is 17.1. The summed E-state index contributed by atoms with van der Waals surface area (Å²) < 4.78 is 5.49. The lowest BCUT2D eigenvalue weighted by atomic mass is 10.0. The molecule has 26 heavy (non-hydrogen) atoms. The minimum Gasteiger partial charge on any atom is -0.379 e. The number of aryl methyl sites for hydroxylation is 2. The van der Waals surface area contributed by atoms with Gasteiger partial charge in [0.15, 0.2) is 5.96 Å². The van der Waals surface area contributed by atoms with Crippen LogP contribution >= 0.6 is 35.3 Å². The van der Waals surface area contributed by atoms with Gasteiger partial charge < -0.3 is 15.4 Å². The lowest BCUT2D eigenvalue weighted by Crippen LogP contribution is -2.52. The number of halogens is 1. The molecule has 2 rings (SSSR count). The van der Waals surface area contributed by atoms with Gasteiger partial charge >= 0.3 is 0 Å². The Labute approximate surface area is 179 Å². The largest absolute Gasteiger partial charge is 0.379 e. The molecule has 6 nitrogen and oxygen atoms in total. The van der Waals surface area contributed by atoms with E-state index in [-0.39, 0.29) is 24.0 Å². The zero-order valence-corrected chi connectivity index (χ0v) is 19.8. The summed E-state index contributed by atoms with van der Waals surface area (Å²) in [5.41, 5.74) is 1.09. The fraction of sp³-hybridized carbons (Fsp3) is 0.778. The van der Waals surface area contributed by atoms with E-state index in [1.54, 1.807) is 11.3 Å². The smallest absolute Gasteiger partial charge is 0.191 e. The van der Waals surface area contributed by atoms with Crippen LogP contribution < -0.4 is 10.6 Å². The minimum atomic E-state index is 0. The number of nitrogens with one attached hydrogen (secondary N) is 2. The molecule has 0 saturated carbocycles.